The SMILES string of the molecule is O=C(Nc1nc2cc(-c3ccc(OC(F)(F)F)cc3)ccc2c(=O)n1C[C@@H]1CC[C@@H](c2ccccc2)O1)c1ccccc1. The number of rotatable bonds is 7. The van der Waals surface area contributed by atoms with E-state index in [4.69, 9.17) is 4.74 Å². The van der Waals surface area contributed by atoms with Gasteiger partial charge in [0, 0.05) is 5.56 Å². The number of carbonyl (C=O) groups excluding carboxylic acids is 1. The summed E-state index contributed by atoms with van der Waals surface area (Å²) in [5.41, 5.74) is 2.67. The molecular formula is C33H26F3N3O4. The Morgan fingerprint density at radius 2 is 1.58 bits per heavy atom. The van der Waals surface area contributed by atoms with Crippen molar-refractivity contribution in [2.24, 2.45) is 0 Å². The van der Waals surface area contributed by atoms with Gasteiger partial charge in [-0.2, -0.15) is 0 Å². The van der Waals surface area contributed by atoms with Crippen LogP contribution in [0.2, 0.25) is 0 Å². The van der Waals surface area contributed by atoms with Crippen molar-refractivity contribution in [1.29, 1.82) is 0 Å². The molecule has 1 N–H and O–H groups in total. The number of hydrogen-bond acceptors (Lipinski definition) is 5. The summed E-state index contributed by atoms with van der Waals surface area (Å²) >= 11 is 0. The lowest BCUT2D eigenvalue weighted by Crippen LogP contribution is -2.31. The summed E-state index contributed by atoms with van der Waals surface area (Å²) in [5, 5.41) is 3.13. The van der Waals surface area contributed by atoms with E-state index in [0.29, 0.717) is 27.6 Å². The zero-order valence-corrected chi connectivity index (χ0v) is 22.8. The van der Waals surface area contributed by atoms with Gasteiger partial charge in [-0.25, -0.2) is 4.98 Å². The van der Waals surface area contributed by atoms with Gasteiger partial charge in [-0.3, -0.25) is 19.5 Å². The smallest absolute Gasteiger partial charge is 0.406 e. The number of amides is 1. The van der Waals surface area contributed by atoms with E-state index in [-0.39, 0.29) is 36.0 Å². The number of alkyl halides is 3. The maximum atomic E-state index is 13.8. The van der Waals surface area contributed by atoms with Crippen LogP contribution in [0.1, 0.15) is 34.9 Å². The first-order valence-corrected chi connectivity index (χ1v) is 13.7. The summed E-state index contributed by atoms with van der Waals surface area (Å²) in [5.74, 6) is -0.691. The Morgan fingerprint density at radius 3 is 2.28 bits per heavy atom. The van der Waals surface area contributed by atoms with E-state index in [1.807, 2.05) is 30.3 Å². The Hall–Kier alpha value is -4.96. The van der Waals surface area contributed by atoms with Crippen LogP contribution in [-0.2, 0) is 11.3 Å². The summed E-state index contributed by atoms with van der Waals surface area (Å²) in [4.78, 5) is 31.6. The molecule has 4 aromatic carbocycles. The highest BCUT2D eigenvalue weighted by molar-refractivity contribution is 6.03. The van der Waals surface area contributed by atoms with E-state index in [1.54, 1.807) is 48.5 Å². The van der Waals surface area contributed by atoms with Crippen molar-refractivity contribution >= 4 is 22.8 Å². The first-order chi connectivity index (χ1) is 20.7. The number of hydrogen-bond donors (Lipinski definition) is 1. The highest BCUT2D eigenvalue weighted by Gasteiger charge is 2.31. The summed E-state index contributed by atoms with van der Waals surface area (Å²) in [6, 6.07) is 28.9. The molecule has 1 aliphatic rings. The van der Waals surface area contributed by atoms with Crippen LogP contribution >= 0.6 is 0 Å². The summed E-state index contributed by atoms with van der Waals surface area (Å²) in [6.07, 6.45) is -3.63. The van der Waals surface area contributed by atoms with E-state index >= 15 is 0 Å². The number of anilines is 1. The van der Waals surface area contributed by atoms with Gasteiger partial charge in [-0.05, 0) is 65.9 Å². The van der Waals surface area contributed by atoms with Crippen LogP contribution in [0, 0.1) is 0 Å². The molecule has 1 amide bonds. The molecule has 0 aliphatic carbocycles. The molecule has 43 heavy (non-hydrogen) atoms. The van der Waals surface area contributed by atoms with Crippen molar-refractivity contribution in [3.05, 3.63) is 125 Å². The Balaban J connectivity index is 1.34. The number of benzene rings is 4. The maximum Gasteiger partial charge on any atom is 0.573 e. The maximum absolute atomic E-state index is 13.8. The van der Waals surface area contributed by atoms with Gasteiger partial charge in [0.1, 0.15) is 5.75 Å². The first-order valence-electron chi connectivity index (χ1n) is 13.7. The average molecular weight is 586 g/mol. The van der Waals surface area contributed by atoms with Crippen LogP contribution in [0.5, 0.6) is 5.75 Å². The van der Waals surface area contributed by atoms with Crippen LogP contribution < -0.4 is 15.6 Å². The number of aromatic nitrogens is 2. The summed E-state index contributed by atoms with van der Waals surface area (Å²) < 4.78 is 49.4. The lowest BCUT2D eigenvalue weighted by molar-refractivity contribution is -0.274. The molecule has 10 heteroatoms. The minimum absolute atomic E-state index is 0.0733. The third-order valence-corrected chi connectivity index (χ3v) is 7.30. The Bertz CT molecular complexity index is 1810. The molecule has 0 spiro atoms. The number of carbonyl (C=O) groups is 1. The molecule has 7 nitrogen and oxygen atoms in total. The van der Waals surface area contributed by atoms with E-state index in [9.17, 15) is 22.8 Å². The van der Waals surface area contributed by atoms with E-state index < -0.39 is 12.3 Å². The molecule has 0 bridgehead atoms. The second-order valence-electron chi connectivity index (χ2n) is 10.2. The molecule has 0 radical (unpaired) electrons. The highest BCUT2D eigenvalue weighted by Crippen LogP contribution is 2.34. The molecule has 0 unspecified atom stereocenters. The fourth-order valence-corrected chi connectivity index (χ4v) is 5.23. The molecule has 0 saturated carbocycles. The molecule has 218 valence electrons. The number of nitrogens with zero attached hydrogens (tertiary/aromatic N) is 2. The normalized spacial score (nSPS) is 16.7. The lowest BCUT2D eigenvalue weighted by Gasteiger charge is -2.19. The van der Waals surface area contributed by atoms with Crippen LogP contribution in [0.15, 0.2) is 108 Å². The monoisotopic (exact) mass is 585 g/mol. The van der Waals surface area contributed by atoms with Crippen molar-refractivity contribution < 1.29 is 27.4 Å². The zero-order chi connectivity index (χ0) is 30.0. The van der Waals surface area contributed by atoms with Gasteiger partial charge < -0.3 is 9.47 Å². The second kappa shape index (κ2) is 11.7. The lowest BCUT2D eigenvalue weighted by atomic mass is 10.0. The molecule has 1 saturated heterocycles. The van der Waals surface area contributed by atoms with E-state index in [0.717, 1.165) is 18.4 Å². The predicted molar refractivity (Wildman–Crippen MR) is 156 cm³/mol. The molecule has 6 rings (SSSR count). The largest absolute Gasteiger partial charge is 0.573 e. The summed E-state index contributed by atoms with van der Waals surface area (Å²) in [7, 11) is 0. The number of nitrogens with one attached hydrogen (secondary N) is 1. The van der Waals surface area contributed by atoms with Gasteiger partial charge in [-0.15, -0.1) is 13.2 Å². The van der Waals surface area contributed by atoms with Gasteiger partial charge in [0.15, 0.2) is 0 Å². The summed E-state index contributed by atoms with van der Waals surface area (Å²) in [6.45, 7) is 0.192. The third kappa shape index (κ3) is 6.44. The fourth-order valence-electron chi connectivity index (χ4n) is 5.23. The topological polar surface area (TPSA) is 82.5 Å². The molecule has 1 aliphatic heterocycles. The standard InChI is InChI=1S/C33H26F3N3O4/c34-33(35,36)43-25-14-11-21(12-15-25)24-13-17-27-28(19-24)37-32(38-30(40)23-9-5-2-6-10-23)39(31(27)41)20-26-16-18-29(42-26)22-7-3-1-4-8-22/h1-15,17,19,26,29H,16,18,20H2,(H,37,38,40)/t26-,29-/m0/s1. The van der Waals surface area contributed by atoms with E-state index in [1.165, 1.54) is 28.8 Å². The Kier molecular flexibility index (Phi) is 7.69. The molecule has 1 fully saturated rings. The van der Waals surface area contributed by atoms with Crippen molar-refractivity contribution in [3.63, 3.8) is 0 Å². The Morgan fingerprint density at radius 1 is 0.907 bits per heavy atom. The minimum atomic E-state index is -4.79. The van der Waals surface area contributed by atoms with Crippen molar-refractivity contribution in [1.82, 2.24) is 9.55 Å². The molecule has 5 aromatic rings. The number of fused-ring (bicyclic) bond motifs is 1. The van der Waals surface area contributed by atoms with Gasteiger partial charge in [-0.1, -0.05) is 66.7 Å². The van der Waals surface area contributed by atoms with Gasteiger partial charge in [0.05, 0.1) is 29.7 Å². The Labute approximate surface area is 244 Å². The van der Waals surface area contributed by atoms with Gasteiger partial charge in [0.25, 0.3) is 11.5 Å². The quantitative estimate of drug-likeness (QED) is 0.220. The van der Waals surface area contributed by atoms with Crippen LogP contribution in [0.3, 0.4) is 0 Å². The van der Waals surface area contributed by atoms with E-state index in [2.05, 4.69) is 15.0 Å². The van der Waals surface area contributed by atoms with Crippen LogP contribution in [0.25, 0.3) is 22.0 Å². The van der Waals surface area contributed by atoms with Crippen molar-refractivity contribution in [2.45, 2.75) is 38.0 Å². The zero-order valence-electron chi connectivity index (χ0n) is 22.8. The van der Waals surface area contributed by atoms with Gasteiger partial charge >= 0.3 is 6.36 Å². The van der Waals surface area contributed by atoms with Crippen molar-refractivity contribution in [3.8, 4) is 16.9 Å². The van der Waals surface area contributed by atoms with Gasteiger partial charge in [0.2, 0.25) is 5.95 Å². The fraction of sp³-hybridized carbons (Fsp3) is 0.182. The number of ether oxygens (including phenoxy) is 2. The second-order valence-corrected chi connectivity index (χ2v) is 10.2. The highest BCUT2D eigenvalue weighted by atomic mass is 19.4. The molecule has 2 atom stereocenters. The van der Waals surface area contributed by atoms with Crippen LogP contribution in [-0.4, -0.2) is 27.9 Å². The van der Waals surface area contributed by atoms with Crippen molar-refractivity contribution in [2.75, 3.05) is 5.32 Å². The molecule has 1 aromatic heterocycles. The minimum Gasteiger partial charge on any atom is -0.406 e. The predicted octanol–water partition coefficient (Wildman–Crippen LogP) is 7.13. The van der Waals surface area contributed by atoms with Crippen LogP contribution in [0.4, 0.5) is 19.1 Å². The molecule has 2 heterocycles. The third-order valence-electron chi connectivity index (χ3n) is 7.30. The first kappa shape index (κ1) is 28.2. The average Bonchev–Trinajstić information content (AvgIpc) is 3.48. The molecular weight excluding hydrogens is 559 g/mol. The number of halogens is 3.